The van der Waals surface area contributed by atoms with Gasteiger partial charge in [-0.05, 0) is 42.4 Å². The summed E-state index contributed by atoms with van der Waals surface area (Å²) in [5.74, 6) is 3.96. The molecule has 0 aromatic heterocycles. The van der Waals surface area contributed by atoms with Crippen molar-refractivity contribution in [3.8, 4) is 0 Å². The van der Waals surface area contributed by atoms with Crippen molar-refractivity contribution in [2.75, 3.05) is 0 Å². The van der Waals surface area contributed by atoms with Crippen LogP contribution in [0.1, 0.15) is 47.5 Å². The summed E-state index contributed by atoms with van der Waals surface area (Å²) in [4.78, 5) is 0. The van der Waals surface area contributed by atoms with E-state index in [2.05, 4.69) is 42.5 Å². The highest BCUT2D eigenvalue weighted by atomic mass is 16.5. The first kappa shape index (κ1) is 12.5. The summed E-state index contributed by atoms with van der Waals surface area (Å²) in [6, 6.07) is 0.481. The fourth-order valence-corrected chi connectivity index (χ4v) is 4.86. The van der Waals surface area contributed by atoms with Crippen molar-refractivity contribution < 1.29 is 4.74 Å². The third kappa shape index (κ3) is 1.74. The first-order valence-electron chi connectivity index (χ1n) is 7.05. The van der Waals surface area contributed by atoms with E-state index in [4.69, 9.17) is 4.74 Å². The van der Waals surface area contributed by atoms with Crippen LogP contribution in [0.5, 0.6) is 0 Å². The molecule has 0 radical (unpaired) electrons. The zero-order valence-corrected chi connectivity index (χ0v) is 11.8. The van der Waals surface area contributed by atoms with E-state index >= 15 is 0 Å². The highest BCUT2D eigenvalue weighted by Crippen LogP contribution is 2.59. The summed E-state index contributed by atoms with van der Waals surface area (Å²) in [5.41, 5.74) is 0.214. The van der Waals surface area contributed by atoms with Crippen LogP contribution in [-0.2, 0) is 4.74 Å². The average Bonchev–Trinajstić information content (AvgIpc) is 2.49. The predicted molar refractivity (Wildman–Crippen MR) is 71.2 cm³/mol. The van der Waals surface area contributed by atoms with Gasteiger partial charge in [0.15, 0.2) is 0 Å². The SMILES string of the molecule is B[C@@H]1OC2(CC(C)C)C[C@H](C)C1[C@@H]2C(C)C. The molecule has 2 bridgehead atoms. The molecule has 16 heavy (non-hydrogen) atoms. The van der Waals surface area contributed by atoms with E-state index in [1.165, 1.54) is 12.8 Å². The molecule has 1 aliphatic heterocycles. The van der Waals surface area contributed by atoms with Crippen molar-refractivity contribution >= 4 is 7.85 Å². The first-order valence-corrected chi connectivity index (χ1v) is 7.05. The van der Waals surface area contributed by atoms with Gasteiger partial charge in [0.1, 0.15) is 7.85 Å². The molecule has 0 N–H and O–H groups in total. The highest BCUT2D eigenvalue weighted by Gasteiger charge is 2.61. The largest absolute Gasteiger partial charge is 0.380 e. The molecular formula is C14H27BO. The fourth-order valence-electron chi connectivity index (χ4n) is 4.86. The van der Waals surface area contributed by atoms with Gasteiger partial charge < -0.3 is 4.74 Å². The van der Waals surface area contributed by atoms with Gasteiger partial charge in [-0.2, -0.15) is 0 Å². The Morgan fingerprint density at radius 2 is 1.94 bits per heavy atom. The van der Waals surface area contributed by atoms with Gasteiger partial charge in [-0.15, -0.1) is 0 Å². The number of hydrogen-bond acceptors (Lipinski definition) is 1. The van der Waals surface area contributed by atoms with E-state index in [9.17, 15) is 0 Å². The standard InChI is InChI=1S/C14H27BO/c1-8(2)6-14-7-10(5)11(13(15)16-14)12(14)9(3)4/h8-13H,6-7,15H2,1-5H3/t10-,11?,12-,13+,14?/m0/s1. The van der Waals surface area contributed by atoms with Crippen molar-refractivity contribution in [3.63, 3.8) is 0 Å². The first-order chi connectivity index (χ1) is 7.37. The maximum Gasteiger partial charge on any atom is 0.139 e. The monoisotopic (exact) mass is 222 g/mol. The average molecular weight is 222 g/mol. The molecule has 1 saturated heterocycles. The highest BCUT2D eigenvalue weighted by molar-refractivity contribution is 6.11. The van der Waals surface area contributed by atoms with Crippen molar-refractivity contribution in [2.45, 2.75) is 59.1 Å². The molecule has 1 saturated carbocycles. The Morgan fingerprint density at radius 3 is 2.38 bits per heavy atom. The Kier molecular flexibility index (Phi) is 3.16. The minimum Gasteiger partial charge on any atom is -0.380 e. The molecule has 2 fully saturated rings. The molecule has 2 heteroatoms. The van der Waals surface area contributed by atoms with Crippen molar-refractivity contribution in [1.82, 2.24) is 0 Å². The molecule has 0 spiro atoms. The minimum atomic E-state index is 0.214. The zero-order valence-electron chi connectivity index (χ0n) is 11.8. The van der Waals surface area contributed by atoms with Crippen molar-refractivity contribution in [2.24, 2.45) is 29.6 Å². The second kappa shape index (κ2) is 4.05. The molecule has 1 nitrogen and oxygen atoms in total. The van der Waals surface area contributed by atoms with Gasteiger partial charge in [-0.25, -0.2) is 0 Å². The molecule has 2 rings (SSSR count). The second-order valence-electron chi connectivity index (χ2n) is 7.01. The third-order valence-electron chi connectivity index (χ3n) is 4.78. The maximum absolute atomic E-state index is 6.40. The lowest BCUT2D eigenvalue weighted by molar-refractivity contribution is -0.0763. The van der Waals surface area contributed by atoms with Crippen molar-refractivity contribution in [1.29, 1.82) is 0 Å². The van der Waals surface area contributed by atoms with Crippen LogP contribution in [0.4, 0.5) is 0 Å². The Labute approximate surface area is 102 Å². The van der Waals surface area contributed by atoms with Crippen molar-refractivity contribution in [3.05, 3.63) is 0 Å². The van der Waals surface area contributed by atoms with Crippen LogP contribution in [0, 0.1) is 29.6 Å². The molecule has 1 heterocycles. The van der Waals surface area contributed by atoms with E-state index in [0.717, 1.165) is 29.6 Å². The molecule has 2 unspecified atom stereocenters. The van der Waals surface area contributed by atoms with E-state index in [-0.39, 0.29) is 5.60 Å². The summed E-state index contributed by atoms with van der Waals surface area (Å²) < 4.78 is 6.40. The smallest absolute Gasteiger partial charge is 0.139 e. The Hall–Kier alpha value is 0.0249. The van der Waals surface area contributed by atoms with E-state index in [1.807, 2.05) is 0 Å². The minimum absolute atomic E-state index is 0.214. The number of fused-ring (bicyclic) bond motifs is 2. The second-order valence-corrected chi connectivity index (χ2v) is 7.01. The zero-order chi connectivity index (χ0) is 12.1. The molecule has 0 aromatic carbocycles. The van der Waals surface area contributed by atoms with E-state index < -0.39 is 0 Å². The molecule has 92 valence electrons. The van der Waals surface area contributed by atoms with Gasteiger partial charge in [0, 0.05) is 6.00 Å². The van der Waals surface area contributed by atoms with E-state index in [1.54, 1.807) is 0 Å². The number of ether oxygens (including phenoxy) is 1. The Morgan fingerprint density at radius 1 is 1.31 bits per heavy atom. The summed E-state index contributed by atoms with van der Waals surface area (Å²) in [6.07, 6.45) is 2.55. The van der Waals surface area contributed by atoms with Crippen LogP contribution >= 0.6 is 0 Å². The lowest BCUT2D eigenvalue weighted by atomic mass is 9.72. The molecule has 5 atom stereocenters. The van der Waals surface area contributed by atoms with E-state index in [0.29, 0.717) is 6.00 Å². The van der Waals surface area contributed by atoms with Gasteiger partial charge in [-0.1, -0.05) is 34.6 Å². The van der Waals surface area contributed by atoms with Gasteiger partial charge in [0.2, 0.25) is 0 Å². The van der Waals surface area contributed by atoms with Crippen LogP contribution < -0.4 is 0 Å². The van der Waals surface area contributed by atoms with Crippen LogP contribution in [-0.4, -0.2) is 19.5 Å². The predicted octanol–water partition coefficient (Wildman–Crippen LogP) is 2.69. The Balaban J connectivity index is 2.28. The molecule has 2 aliphatic rings. The van der Waals surface area contributed by atoms with Gasteiger partial charge in [-0.3, -0.25) is 0 Å². The lowest BCUT2D eigenvalue weighted by Crippen LogP contribution is -2.38. The molecule has 0 amide bonds. The molecular weight excluding hydrogens is 195 g/mol. The molecule has 0 aromatic rings. The summed E-state index contributed by atoms with van der Waals surface area (Å²) in [7, 11) is 2.29. The van der Waals surface area contributed by atoms with Crippen LogP contribution in [0.3, 0.4) is 0 Å². The van der Waals surface area contributed by atoms with Crippen LogP contribution in [0.15, 0.2) is 0 Å². The Bertz CT molecular complexity index is 249. The summed E-state index contributed by atoms with van der Waals surface area (Å²) in [5, 5.41) is 0. The van der Waals surface area contributed by atoms with Crippen LogP contribution in [0.25, 0.3) is 0 Å². The maximum atomic E-state index is 6.40. The quantitative estimate of drug-likeness (QED) is 0.667. The number of hydrogen-bond donors (Lipinski definition) is 0. The normalized spacial score (nSPS) is 47.2. The lowest BCUT2D eigenvalue weighted by Gasteiger charge is -2.36. The summed E-state index contributed by atoms with van der Waals surface area (Å²) in [6.45, 7) is 11.9. The number of rotatable bonds is 3. The third-order valence-corrected chi connectivity index (χ3v) is 4.78. The van der Waals surface area contributed by atoms with Gasteiger partial charge >= 0.3 is 0 Å². The molecule has 1 aliphatic carbocycles. The van der Waals surface area contributed by atoms with Gasteiger partial charge in [0.25, 0.3) is 0 Å². The fraction of sp³-hybridized carbons (Fsp3) is 1.00. The van der Waals surface area contributed by atoms with Gasteiger partial charge in [0.05, 0.1) is 5.60 Å². The summed E-state index contributed by atoms with van der Waals surface area (Å²) >= 11 is 0. The topological polar surface area (TPSA) is 9.23 Å². The van der Waals surface area contributed by atoms with Crippen LogP contribution in [0.2, 0.25) is 0 Å².